The van der Waals surface area contributed by atoms with Crippen molar-refractivity contribution in [3.05, 3.63) is 18.2 Å². The van der Waals surface area contributed by atoms with Crippen LogP contribution in [0.5, 0.6) is 0 Å². The molecule has 110 valence electrons. The molecule has 20 heavy (non-hydrogen) atoms. The van der Waals surface area contributed by atoms with Gasteiger partial charge in [-0.3, -0.25) is 4.79 Å². The summed E-state index contributed by atoms with van der Waals surface area (Å²) in [6, 6.07) is 4.83. The van der Waals surface area contributed by atoms with Crippen LogP contribution in [-0.2, 0) is 14.8 Å². The van der Waals surface area contributed by atoms with Gasteiger partial charge in [-0.15, -0.1) is 11.8 Å². The van der Waals surface area contributed by atoms with Gasteiger partial charge in [0.15, 0.2) is 0 Å². The van der Waals surface area contributed by atoms with Crippen LogP contribution in [0.3, 0.4) is 0 Å². The number of amides is 1. The minimum absolute atomic E-state index is 0.0572. The molecule has 0 radical (unpaired) electrons. The summed E-state index contributed by atoms with van der Waals surface area (Å²) < 4.78 is 26.2. The maximum atomic E-state index is 12.4. The fourth-order valence-corrected chi connectivity index (χ4v) is 4.05. The molecule has 1 aromatic carbocycles. The van der Waals surface area contributed by atoms with Gasteiger partial charge < -0.3 is 5.32 Å². The van der Waals surface area contributed by atoms with Crippen molar-refractivity contribution in [1.82, 2.24) is 4.31 Å². The third-order valence-electron chi connectivity index (χ3n) is 3.12. The Bertz CT molecular complexity index is 614. The molecule has 0 aromatic heterocycles. The average molecular weight is 314 g/mol. The number of carbonyl (C=O) groups is 1. The Morgan fingerprint density at radius 1 is 1.40 bits per heavy atom. The number of benzene rings is 1. The predicted molar refractivity (Wildman–Crippen MR) is 80.5 cm³/mol. The summed E-state index contributed by atoms with van der Waals surface area (Å²) in [6.45, 7) is 2.54. The number of nitrogens with zero attached hydrogens (tertiary/aromatic N) is 1. The first-order valence-electron chi connectivity index (χ1n) is 6.48. The fraction of sp³-hybridized carbons (Fsp3) is 0.462. The third kappa shape index (κ3) is 3.16. The summed E-state index contributed by atoms with van der Waals surface area (Å²) in [6.07, 6.45) is 1.79. The van der Waals surface area contributed by atoms with E-state index in [1.807, 2.05) is 6.92 Å². The number of hydrogen-bond acceptors (Lipinski definition) is 4. The molecule has 7 heteroatoms. The molecule has 5 nitrogen and oxygen atoms in total. The highest BCUT2D eigenvalue weighted by Gasteiger charge is 2.23. The SMILES string of the molecule is CCCCN(C)S(=O)(=O)c1ccc2c(c1)SCC(=O)N2. The summed E-state index contributed by atoms with van der Waals surface area (Å²) in [4.78, 5) is 12.4. The van der Waals surface area contributed by atoms with Gasteiger partial charge >= 0.3 is 0 Å². The Hall–Kier alpha value is -1.05. The van der Waals surface area contributed by atoms with Crippen LogP contribution in [-0.4, -0.2) is 38.0 Å². The summed E-state index contributed by atoms with van der Waals surface area (Å²) in [5.41, 5.74) is 0.682. The monoisotopic (exact) mass is 314 g/mol. The van der Waals surface area contributed by atoms with E-state index >= 15 is 0 Å². The van der Waals surface area contributed by atoms with Crippen LogP contribution in [0, 0.1) is 0 Å². The molecule has 1 aliphatic heterocycles. The Morgan fingerprint density at radius 3 is 2.85 bits per heavy atom. The van der Waals surface area contributed by atoms with Crippen molar-refractivity contribution < 1.29 is 13.2 Å². The lowest BCUT2D eigenvalue weighted by Crippen LogP contribution is -2.28. The van der Waals surface area contributed by atoms with Gasteiger partial charge in [0.1, 0.15) is 0 Å². The van der Waals surface area contributed by atoms with E-state index in [1.54, 1.807) is 25.2 Å². The van der Waals surface area contributed by atoms with Gasteiger partial charge in [-0.1, -0.05) is 13.3 Å². The lowest BCUT2D eigenvalue weighted by molar-refractivity contribution is -0.113. The highest BCUT2D eigenvalue weighted by molar-refractivity contribution is 8.00. The van der Waals surface area contributed by atoms with E-state index < -0.39 is 10.0 Å². The Kier molecular flexibility index (Phi) is 4.72. The molecule has 0 bridgehead atoms. The maximum Gasteiger partial charge on any atom is 0.242 e. The van der Waals surface area contributed by atoms with Crippen molar-refractivity contribution in [3.63, 3.8) is 0 Å². The molecule has 0 aliphatic carbocycles. The van der Waals surface area contributed by atoms with Crippen LogP contribution in [0.4, 0.5) is 5.69 Å². The number of carbonyl (C=O) groups excluding carboxylic acids is 1. The van der Waals surface area contributed by atoms with E-state index in [1.165, 1.54) is 16.1 Å². The summed E-state index contributed by atoms with van der Waals surface area (Å²) in [7, 11) is -1.85. The second kappa shape index (κ2) is 6.15. The van der Waals surface area contributed by atoms with Crippen LogP contribution in [0.2, 0.25) is 0 Å². The van der Waals surface area contributed by atoms with E-state index in [0.717, 1.165) is 17.7 Å². The summed E-state index contributed by atoms with van der Waals surface area (Å²) in [5.74, 6) is 0.264. The van der Waals surface area contributed by atoms with Crippen LogP contribution < -0.4 is 5.32 Å². The molecule has 2 rings (SSSR count). The van der Waals surface area contributed by atoms with Crippen LogP contribution in [0.1, 0.15) is 19.8 Å². The maximum absolute atomic E-state index is 12.4. The number of unbranched alkanes of at least 4 members (excludes halogenated alkanes) is 1. The van der Waals surface area contributed by atoms with E-state index in [9.17, 15) is 13.2 Å². The smallest absolute Gasteiger partial charge is 0.242 e. The second-order valence-electron chi connectivity index (χ2n) is 4.67. The molecule has 0 fully saturated rings. The van der Waals surface area contributed by atoms with Gasteiger partial charge in [-0.2, -0.15) is 0 Å². The molecule has 1 heterocycles. The Labute approximate surface area is 123 Å². The quantitative estimate of drug-likeness (QED) is 0.904. The van der Waals surface area contributed by atoms with E-state index in [4.69, 9.17) is 0 Å². The molecule has 1 amide bonds. The van der Waals surface area contributed by atoms with Gasteiger partial charge in [-0.25, -0.2) is 12.7 Å². The van der Waals surface area contributed by atoms with Crippen molar-refractivity contribution in [3.8, 4) is 0 Å². The first-order valence-corrected chi connectivity index (χ1v) is 8.90. The molecule has 0 saturated carbocycles. The largest absolute Gasteiger partial charge is 0.324 e. The second-order valence-corrected chi connectivity index (χ2v) is 7.74. The van der Waals surface area contributed by atoms with Crippen LogP contribution >= 0.6 is 11.8 Å². The van der Waals surface area contributed by atoms with Crippen LogP contribution in [0.25, 0.3) is 0 Å². The first kappa shape index (κ1) is 15.3. The van der Waals surface area contributed by atoms with Gasteiger partial charge in [0, 0.05) is 18.5 Å². The molecule has 0 spiro atoms. The molecule has 0 unspecified atom stereocenters. The highest BCUT2D eigenvalue weighted by Crippen LogP contribution is 2.33. The minimum Gasteiger partial charge on any atom is -0.324 e. The molecule has 0 saturated heterocycles. The standard InChI is InChI=1S/C13H18N2O3S2/c1-3-4-7-15(2)20(17,18)10-5-6-11-12(8-10)19-9-13(16)14-11/h5-6,8H,3-4,7,9H2,1-2H3,(H,14,16). The number of nitrogens with one attached hydrogen (secondary N) is 1. The van der Waals surface area contributed by atoms with E-state index in [2.05, 4.69) is 5.32 Å². The minimum atomic E-state index is -3.45. The zero-order valence-corrected chi connectivity index (χ0v) is 13.2. The normalized spacial score (nSPS) is 15.1. The van der Waals surface area contributed by atoms with Crippen molar-refractivity contribution in [1.29, 1.82) is 0 Å². The number of rotatable bonds is 5. The number of hydrogen-bond donors (Lipinski definition) is 1. The lowest BCUT2D eigenvalue weighted by atomic mass is 10.3. The van der Waals surface area contributed by atoms with Crippen molar-refractivity contribution in [2.75, 3.05) is 24.7 Å². The van der Waals surface area contributed by atoms with Gasteiger partial charge in [0.2, 0.25) is 15.9 Å². The Balaban J connectivity index is 2.27. The molecule has 1 aliphatic rings. The average Bonchev–Trinajstić information content (AvgIpc) is 2.43. The zero-order chi connectivity index (χ0) is 14.8. The Morgan fingerprint density at radius 2 is 2.15 bits per heavy atom. The topological polar surface area (TPSA) is 66.5 Å². The predicted octanol–water partition coefficient (Wildman–Crippen LogP) is 2.15. The number of thioether (sulfide) groups is 1. The molecule has 0 atom stereocenters. The molecule has 1 aromatic rings. The molecule has 1 N–H and O–H groups in total. The first-order chi connectivity index (χ1) is 9.45. The lowest BCUT2D eigenvalue weighted by Gasteiger charge is -2.20. The number of fused-ring (bicyclic) bond motifs is 1. The highest BCUT2D eigenvalue weighted by atomic mass is 32.2. The molecular weight excluding hydrogens is 296 g/mol. The zero-order valence-electron chi connectivity index (χ0n) is 11.5. The van der Waals surface area contributed by atoms with Crippen molar-refractivity contribution in [2.45, 2.75) is 29.6 Å². The number of sulfonamides is 1. The summed E-state index contributed by atoms with van der Waals surface area (Å²) >= 11 is 1.36. The fourth-order valence-electron chi connectivity index (χ4n) is 1.90. The van der Waals surface area contributed by atoms with Crippen molar-refractivity contribution in [2.24, 2.45) is 0 Å². The third-order valence-corrected chi connectivity index (χ3v) is 6.03. The summed E-state index contributed by atoms with van der Waals surface area (Å²) in [5, 5.41) is 2.73. The van der Waals surface area contributed by atoms with E-state index in [0.29, 0.717) is 18.0 Å². The van der Waals surface area contributed by atoms with Gasteiger partial charge in [0.25, 0.3) is 0 Å². The number of anilines is 1. The van der Waals surface area contributed by atoms with Gasteiger partial charge in [0.05, 0.1) is 16.3 Å². The molecular formula is C13H18N2O3S2. The van der Waals surface area contributed by atoms with Crippen molar-refractivity contribution >= 4 is 33.4 Å². The van der Waals surface area contributed by atoms with Gasteiger partial charge in [-0.05, 0) is 24.6 Å². The van der Waals surface area contributed by atoms with E-state index in [-0.39, 0.29) is 10.8 Å². The van der Waals surface area contributed by atoms with Crippen LogP contribution in [0.15, 0.2) is 28.0 Å².